The van der Waals surface area contributed by atoms with Crippen LogP contribution in [0, 0.1) is 0 Å². The number of methoxy groups -OCH3 is 1. The van der Waals surface area contributed by atoms with E-state index in [1.807, 2.05) is 33.8 Å². The van der Waals surface area contributed by atoms with Gasteiger partial charge in [-0.15, -0.1) is 0 Å². The van der Waals surface area contributed by atoms with Crippen molar-refractivity contribution in [3.05, 3.63) is 46.7 Å². The lowest BCUT2D eigenvalue weighted by atomic mass is 10.0. The first-order chi connectivity index (χ1) is 15.4. The number of ether oxygens (including phenoxy) is 1. The fourth-order valence-electron chi connectivity index (χ4n) is 3.85. The van der Waals surface area contributed by atoms with E-state index in [-0.39, 0.29) is 17.7 Å². The van der Waals surface area contributed by atoms with Crippen LogP contribution in [0.15, 0.2) is 30.5 Å². The fraction of sp³-hybridized carbons (Fsp3) is 0.522. The predicted octanol–water partition coefficient (Wildman–Crippen LogP) is 2.56. The van der Waals surface area contributed by atoms with Crippen molar-refractivity contribution < 1.29 is 14.3 Å². The summed E-state index contributed by atoms with van der Waals surface area (Å²) in [4.78, 5) is 29.3. The molecule has 0 spiro atoms. The highest BCUT2D eigenvalue weighted by atomic mass is 35.5. The van der Waals surface area contributed by atoms with Crippen molar-refractivity contribution in [3.63, 3.8) is 0 Å². The lowest BCUT2D eigenvalue weighted by molar-refractivity contribution is -0.122. The van der Waals surface area contributed by atoms with E-state index in [0.29, 0.717) is 56.5 Å². The topological polar surface area (TPSA) is 79.7 Å². The number of rotatable bonds is 9. The highest BCUT2D eigenvalue weighted by molar-refractivity contribution is 6.30. The number of hydrogen-bond acceptors (Lipinski definition) is 5. The number of aromatic nitrogens is 2. The van der Waals surface area contributed by atoms with Gasteiger partial charge in [-0.25, -0.2) is 4.68 Å². The quantitative estimate of drug-likeness (QED) is 0.580. The maximum atomic E-state index is 13.3. The van der Waals surface area contributed by atoms with E-state index in [0.717, 1.165) is 17.8 Å². The third-order valence-electron chi connectivity index (χ3n) is 5.53. The molecule has 1 aliphatic rings. The largest absolute Gasteiger partial charge is 0.385 e. The number of amides is 2. The molecule has 0 radical (unpaired) electrons. The van der Waals surface area contributed by atoms with Crippen molar-refractivity contribution in [1.82, 2.24) is 24.9 Å². The lowest BCUT2D eigenvalue weighted by Gasteiger charge is -2.34. The minimum absolute atomic E-state index is 0.00668. The summed E-state index contributed by atoms with van der Waals surface area (Å²) in [5.74, 6) is 0.111. The van der Waals surface area contributed by atoms with Crippen molar-refractivity contribution >= 4 is 23.4 Å². The van der Waals surface area contributed by atoms with Crippen LogP contribution in [0.25, 0.3) is 5.69 Å². The Bertz CT molecular complexity index is 905. The van der Waals surface area contributed by atoms with E-state index < -0.39 is 0 Å². The Morgan fingerprint density at radius 1 is 1.16 bits per heavy atom. The molecule has 0 aliphatic carbocycles. The number of piperazine rings is 1. The Kier molecular flexibility index (Phi) is 8.67. The summed E-state index contributed by atoms with van der Waals surface area (Å²) in [5, 5.41) is 8.07. The molecule has 3 rings (SSSR count). The van der Waals surface area contributed by atoms with Crippen LogP contribution in [-0.4, -0.2) is 84.4 Å². The molecule has 0 bridgehead atoms. The predicted molar refractivity (Wildman–Crippen MR) is 125 cm³/mol. The van der Waals surface area contributed by atoms with Gasteiger partial charge in [0.25, 0.3) is 5.91 Å². The fourth-order valence-corrected chi connectivity index (χ4v) is 3.98. The summed E-state index contributed by atoms with van der Waals surface area (Å²) in [5.41, 5.74) is 2.38. The smallest absolute Gasteiger partial charge is 0.257 e. The zero-order valence-electron chi connectivity index (χ0n) is 19.0. The van der Waals surface area contributed by atoms with Gasteiger partial charge in [0.2, 0.25) is 5.91 Å². The van der Waals surface area contributed by atoms with Gasteiger partial charge in [-0.1, -0.05) is 25.4 Å². The second kappa shape index (κ2) is 11.4. The molecule has 174 valence electrons. The van der Waals surface area contributed by atoms with Gasteiger partial charge in [0.05, 0.1) is 29.7 Å². The second-order valence-corrected chi connectivity index (χ2v) is 8.69. The van der Waals surface area contributed by atoms with Crippen LogP contribution in [0.3, 0.4) is 0 Å². The van der Waals surface area contributed by atoms with E-state index in [1.165, 1.54) is 0 Å². The molecule has 1 fully saturated rings. The van der Waals surface area contributed by atoms with Crippen LogP contribution in [0.5, 0.6) is 0 Å². The van der Waals surface area contributed by atoms with Crippen molar-refractivity contribution in [2.24, 2.45) is 0 Å². The van der Waals surface area contributed by atoms with Gasteiger partial charge in [-0.2, -0.15) is 5.10 Å². The molecule has 1 saturated heterocycles. The Morgan fingerprint density at radius 3 is 2.47 bits per heavy atom. The molecular weight excluding hydrogens is 430 g/mol. The number of nitrogens with one attached hydrogen (secondary N) is 1. The number of hydrogen-bond donors (Lipinski definition) is 1. The number of carbonyl (C=O) groups is 2. The van der Waals surface area contributed by atoms with E-state index in [9.17, 15) is 9.59 Å². The average molecular weight is 462 g/mol. The average Bonchev–Trinajstić information content (AvgIpc) is 3.23. The standard InChI is InChI=1S/C23H32ClN5O3/c1-17(2)22-20(15-26-29(22)19-7-5-18(24)6-8-19)23(31)28-12-10-27(11-13-28)16-21(30)25-9-4-14-32-3/h5-8,15,17H,4,9-14,16H2,1-3H3,(H,25,30). The Hall–Kier alpha value is -2.42. The molecule has 32 heavy (non-hydrogen) atoms. The third-order valence-corrected chi connectivity index (χ3v) is 5.78. The molecular formula is C23H32ClN5O3. The number of halogens is 1. The number of carbonyl (C=O) groups excluding carboxylic acids is 2. The Morgan fingerprint density at radius 2 is 1.84 bits per heavy atom. The minimum atomic E-state index is -0.0161. The first-order valence-electron chi connectivity index (χ1n) is 11.0. The SMILES string of the molecule is COCCCNC(=O)CN1CCN(C(=O)c2cnn(-c3ccc(Cl)cc3)c2C(C)C)CC1. The highest BCUT2D eigenvalue weighted by Gasteiger charge is 2.28. The van der Waals surface area contributed by atoms with E-state index in [1.54, 1.807) is 13.3 Å². The van der Waals surface area contributed by atoms with Crippen molar-refractivity contribution in [2.45, 2.75) is 26.2 Å². The summed E-state index contributed by atoms with van der Waals surface area (Å²) in [6, 6.07) is 7.43. The summed E-state index contributed by atoms with van der Waals surface area (Å²) >= 11 is 6.02. The molecule has 0 unspecified atom stereocenters. The van der Waals surface area contributed by atoms with Gasteiger partial charge in [0.1, 0.15) is 0 Å². The summed E-state index contributed by atoms with van der Waals surface area (Å²) in [6.45, 7) is 8.21. The van der Waals surface area contributed by atoms with Crippen LogP contribution in [0.1, 0.15) is 42.2 Å². The van der Waals surface area contributed by atoms with Crippen LogP contribution < -0.4 is 5.32 Å². The zero-order valence-corrected chi connectivity index (χ0v) is 19.8. The highest BCUT2D eigenvalue weighted by Crippen LogP contribution is 2.25. The zero-order chi connectivity index (χ0) is 23.1. The first kappa shape index (κ1) is 24.2. The molecule has 2 heterocycles. The van der Waals surface area contributed by atoms with E-state index in [2.05, 4.69) is 29.2 Å². The summed E-state index contributed by atoms with van der Waals surface area (Å²) in [7, 11) is 1.65. The number of benzene rings is 1. The van der Waals surface area contributed by atoms with Crippen LogP contribution in [0.2, 0.25) is 5.02 Å². The normalized spacial score (nSPS) is 14.7. The Balaban J connectivity index is 1.60. The first-order valence-corrected chi connectivity index (χ1v) is 11.4. The molecule has 2 aromatic rings. The van der Waals surface area contributed by atoms with Gasteiger partial charge in [-0.05, 0) is 36.6 Å². The van der Waals surface area contributed by atoms with Gasteiger partial charge >= 0.3 is 0 Å². The number of nitrogens with zero attached hydrogens (tertiary/aromatic N) is 4. The molecule has 9 heteroatoms. The molecule has 1 N–H and O–H groups in total. The summed E-state index contributed by atoms with van der Waals surface area (Å²) in [6.07, 6.45) is 2.46. The monoisotopic (exact) mass is 461 g/mol. The van der Waals surface area contributed by atoms with Crippen LogP contribution in [0.4, 0.5) is 0 Å². The van der Waals surface area contributed by atoms with Crippen molar-refractivity contribution in [1.29, 1.82) is 0 Å². The molecule has 0 saturated carbocycles. The third kappa shape index (κ3) is 6.09. The van der Waals surface area contributed by atoms with Crippen LogP contribution >= 0.6 is 11.6 Å². The molecule has 8 nitrogen and oxygen atoms in total. The molecule has 0 atom stereocenters. The van der Waals surface area contributed by atoms with E-state index in [4.69, 9.17) is 16.3 Å². The Labute approximate surface area is 194 Å². The summed E-state index contributed by atoms with van der Waals surface area (Å²) < 4.78 is 6.81. The van der Waals surface area contributed by atoms with Gasteiger partial charge in [0.15, 0.2) is 0 Å². The van der Waals surface area contributed by atoms with Crippen molar-refractivity contribution in [3.8, 4) is 5.69 Å². The van der Waals surface area contributed by atoms with Gasteiger partial charge < -0.3 is 15.0 Å². The maximum absolute atomic E-state index is 13.3. The maximum Gasteiger partial charge on any atom is 0.257 e. The minimum Gasteiger partial charge on any atom is -0.385 e. The van der Waals surface area contributed by atoms with E-state index >= 15 is 0 Å². The molecule has 1 aromatic heterocycles. The van der Waals surface area contributed by atoms with Crippen molar-refractivity contribution in [2.75, 3.05) is 53.0 Å². The van der Waals surface area contributed by atoms with Crippen LogP contribution in [-0.2, 0) is 9.53 Å². The lowest BCUT2D eigenvalue weighted by Crippen LogP contribution is -2.51. The molecule has 1 aliphatic heterocycles. The molecule has 1 aromatic carbocycles. The molecule has 2 amide bonds. The second-order valence-electron chi connectivity index (χ2n) is 8.25. The van der Waals surface area contributed by atoms with Gasteiger partial charge in [0, 0.05) is 51.5 Å². The van der Waals surface area contributed by atoms with Gasteiger partial charge in [-0.3, -0.25) is 14.5 Å².